The fourth-order valence-corrected chi connectivity index (χ4v) is 2.20. The van der Waals surface area contributed by atoms with Crippen LogP contribution in [-0.2, 0) is 0 Å². The highest BCUT2D eigenvalue weighted by atomic mass is 15.3. The molecule has 0 atom stereocenters. The van der Waals surface area contributed by atoms with Crippen LogP contribution in [-0.4, -0.2) is 16.5 Å². The largest absolute Gasteiger partial charge is 0.370 e. The summed E-state index contributed by atoms with van der Waals surface area (Å²) in [5, 5.41) is 3.38. The van der Waals surface area contributed by atoms with Gasteiger partial charge < -0.3 is 10.7 Å². The van der Waals surface area contributed by atoms with Crippen LogP contribution in [0, 0.1) is 24.7 Å². The van der Waals surface area contributed by atoms with E-state index in [9.17, 15) is 0 Å². The highest BCUT2D eigenvalue weighted by Crippen LogP contribution is 2.21. The van der Waals surface area contributed by atoms with Gasteiger partial charge in [0.15, 0.2) is 0 Å². The Hall–Kier alpha value is -1.36. The highest BCUT2D eigenvalue weighted by Gasteiger charge is 2.17. The first-order valence-electron chi connectivity index (χ1n) is 6.50. The van der Waals surface area contributed by atoms with E-state index in [1.807, 2.05) is 13.0 Å². The summed E-state index contributed by atoms with van der Waals surface area (Å²) in [5.41, 5.74) is 2.55. The van der Waals surface area contributed by atoms with Gasteiger partial charge >= 0.3 is 0 Å². The minimum absolute atomic E-state index is 0.620. The third kappa shape index (κ3) is 4.14. The van der Waals surface area contributed by atoms with Crippen molar-refractivity contribution < 1.29 is 0 Å². The van der Waals surface area contributed by atoms with Crippen LogP contribution in [0.4, 0.5) is 11.6 Å². The minimum Gasteiger partial charge on any atom is -0.370 e. The Labute approximate surface area is 110 Å². The Morgan fingerprint density at radius 2 is 1.67 bits per heavy atom. The van der Waals surface area contributed by atoms with Gasteiger partial charge in [-0.05, 0) is 24.7 Å². The molecule has 1 rings (SSSR count). The van der Waals surface area contributed by atoms with Crippen molar-refractivity contribution in [2.45, 2.75) is 34.6 Å². The maximum Gasteiger partial charge on any atom is 0.145 e. The number of aromatic nitrogens is 2. The molecule has 18 heavy (non-hydrogen) atoms. The quantitative estimate of drug-likeness (QED) is 0.534. The Bertz CT molecular complexity index is 368. The third-order valence-corrected chi connectivity index (χ3v) is 3.22. The average molecular weight is 251 g/mol. The summed E-state index contributed by atoms with van der Waals surface area (Å²) < 4.78 is 0. The van der Waals surface area contributed by atoms with Crippen LogP contribution in [0.3, 0.4) is 0 Å². The second-order valence-electron chi connectivity index (χ2n) is 5.36. The number of anilines is 2. The molecule has 0 aromatic carbocycles. The zero-order valence-electron chi connectivity index (χ0n) is 12.0. The lowest BCUT2D eigenvalue weighted by Gasteiger charge is -2.25. The fraction of sp³-hybridized carbons (Fsp3) is 0.692. The van der Waals surface area contributed by atoms with Crippen LogP contribution < -0.4 is 16.6 Å². The first-order valence-corrected chi connectivity index (χ1v) is 6.50. The van der Waals surface area contributed by atoms with E-state index in [4.69, 9.17) is 5.84 Å². The van der Waals surface area contributed by atoms with Gasteiger partial charge in [-0.1, -0.05) is 27.7 Å². The maximum absolute atomic E-state index is 5.37. The lowest BCUT2D eigenvalue weighted by Crippen LogP contribution is -2.25. The topological polar surface area (TPSA) is 75.9 Å². The molecular formula is C13H25N5. The van der Waals surface area contributed by atoms with Crippen molar-refractivity contribution in [3.8, 4) is 0 Å². The van der Waals surface area contributed by atoms with E-state index in [0.717, 1.165) is 12.4 Å². The van der Waals surface area contributed by atoms with E-state index in [1.54, 1.807) is 0 Å². The van der Waals surface area contributed by atoms with Gasteiger partial charge in [0.25, 0.3) is 0 Å². The number of aryl methyl sites for hydroxylation is 1. The van der Waals surface area contributed by atoms with Crippen LogP contribution >= 0.6 is 0 Å². The maximum atomic E-state index is 5.37. The molecule has 102 valence electrons. The minimum atomic E-state index is 0.620. The normalized spacial score (nSPS) is 11.4. The predicted octanol–water partition coefficient (Wildman–Crippen LogP) is 2.41. The zero-order chi connectivity index (χ0) is 13.7. The highest BCUT2D eigenvalue weighted by molar-refractivity contribution is 5.46. The molecule has 1 aromatic heterocycles. The number of nitrogens with one attached hydrogen (secondary N) is 2. The first-order chi connectivity index (χ1) is 8.43. The molecule has 0 fully saturated rings. The lowest BCUT2D eigenvalue weighted by atomic mass is 9.85. The molecule has 0 bridgehead atoms. The summed E-state index contributed by atoms with van der Waals surface area (Å²) >= 11 is 0. The van der Waals surface area contributed by atoms with Crippen molar-refractivity contribution >= 4 is 11.6 Å². The number of nitrogens with zero attached hydrogens (tertiary/aromatic N) is 2. The summed E-state index contributed by atoms with van der Waals surface area (Å²) in [5.74, 6) is 9.45. The van der Waals surface area contributed by atoms with Crippen LogP contribution in [0.1, 0.15) is 33.5 Å². The average Bonchev–Trinajstić information content (AvgIpc) is 2.27. The van der Waals surface area contributed by atoms with Gasteiger partial charge in [0, 0.05) is 12.6 Å². The first kappa shape index (κ1) is 14.7. The molecule has 0 unspecified atom stereocenters. The second kappa shape index (κ2) is 6.54. The lowest BCUT2D eigenvalue weighted by molar-refractivity contribution is 0.304. The Morgan fingerprint density at radius 1 is 1.11 bits per heavy atom. The number of nitrogens with two attached hydrogens (primary N) is 1. The van der Waals surface area contributed by atoms with Crippen molar-refractivity contribution in [2.24, 2.45) is 23.6 Å². The summed E-state index contributed by atoms with van der Waals surface area (Å²) in [6, 6.07) is 1.82. The van der Waals surface area contributed by atoms with Gasteiger partial charge in [-0.15, -0.1) is 0 Å². The van der Waals surface area contributed by atoms with Crippen LogP contribution in [0.15, 0.2) is 6.07 Å². The third-order valence-electron chi connectivity index (χ3n) is 3.22. The van der Waals surface area contributed by atoms with Gasteiger partial charge in [-0.25, -0.2) is 15.8 Å². The fourth-order valence-electron chi connectivity index (χ4n) is 2.20. The SMILES string of the molecule is Cc1nc(NN)cc(NCC(C(C)C)C(C)C)n1. The van der Waals surface area contributed by atoms with Gasteiger partial charge in [0.2, 0.25) is 0 Å². The monoisotopic (exact) mass is 251 g/mol. The molecular weight excluding hydrogens is 226 g/mol. The standard InChI is InChI=1S/C13H25N5/c1-8(2)11(9(3)4)7-15-12-6-13(18-14)17-10(5)16-12/h6,8-9,11H,7,14H2,1-5H3,(H2,15,16,17,18). The van der Waals surface area contributed by atoms with Crippen molar-refractivity contribution in [1.82, 2.24) is 9.97 Å². The molecule has 1 aromatic rings. The van der Waals surface area contributed by atoms with Crippen molar-refractivity contribution in [3.63, 3.8) is 0 Å². The number of rotatable bonds is 6. The van der Waals surface area contributed by atoms with Crippen LogP contribution in [0.2, 0.25) is 0 Å². The zero-order valence-corrected chi connectivity index (χ0v) is 12.0. The van der Waals surface area contributed by atoms with Crippen molar-refractivity contribution in [3.05, 3.63) is 11.9 Å². The van der Waals surface area contributed by atoms with Crippen LogP contribution in [0.5, 0.6) is 0 Å². The number of hydrazine groups is 1. The van der Waals surface area contributed by atoms with E-state index < -0.39 is 0 Å². The molecule has 0 radical (unpaired) electrons. The molecule has 1 heterocycles. The molecule has 0 saturated carbocycles. The smallest absolute Gasteiger partial charge is 0.145 e. The van der Waals surface area contributed by atoms with Gasteiger partial charge in [-0.3, -0.25) is 0 Å². The van der Waals surface area contributed by atoms with E-state index in [2.05, 4.69) is 48.4 Å². The van der Waals surface area contributed by atoms with E-state index in [-0.39, 0.29) is 0 Å². The molecule has 0 aliphatic heterocycles. The van der Waals surface area contributed by atoms with E-state index >= 15 is 0 Å². The summed E-state index contributed by atoms with van der Waals surface area (Å²) in [4.78, 5) is 8.52. The molecule has 0 saturated heterocycles. The second-order valence-corrected chi connectivity index (χ2v) is 5.36. The summed E-state index contributed by atoms with van der Waals surface area (Å²) in [6.45, 7) is 11.8. The van der Waals surface area contributed by atoms with Crippen LogP contribution in [0.25, 0.3) is 0 Å². The molecule has 0 amide bonds. The summed E-state index contributed by atoms with van der Waals surface area (Å²) in [6.07, 6.45) is 0. The van der Waals surface area contributed by atoms with Gasteiger partial charge in [-0.2, -0.15) is 0 Å². The number of hydrogen-bond donors (Lipinski definition) is 3. The molecule has 5 nitrogen and oxygen atoms in total. The predicted molar refractivity (Wildman–Crippen MR) is 76.2 cm³/mol. The number of nitrogen functional groups attached to an aromatic ring is 1. The van der Waals surface area contributed by atoms with Crippen molar-refractivity contribution in [1.29, 1.82) is 0 Å². The summed E-state index contributed by atoms with van der Waals surface area (Å²) in [7, 11) is 0. The molecule has 5 heteroatoms. The molecule has 4 N–H and O–H groups in total. The van der Waals surface area contributed by atoms with Gasteiger partial charge in [0.05, 0.1) is 0 Å². The molecule has 0 spiro atoms. The molecule has 0 aliphatic carbocycles. The van der Waals surface area contributed by atoms with E-state index in [0.29, 0.717) is 29.4 Å². The number of hydrogen-bond acceptors (Lipinski definition) is 5. The Morgan fingerprint density at radius 3 is 2.17 bits per heavy atom. The van der Waals surface area contributed by atoms with Crippen molar-refractivity contribution in [2.75, 3.05) is 17.3 Å². The molecule has 0 aliphatic rings. The Balaban J connectivity index is 2.70. The van der Waals surface area contributed by atoms with Gasteiger partial charge in [0.1, 0.15) is 17.5 Å². The van der Waals surface area contributed by atoms with E-state index in [1.165, 1.54) is 0 Å². The Kier molecular flexibility index (Phi) is 5.34.